The molecule has 2 amide bonds. The number of nitrogens with zero attached hydrogens (tertiary/aromatic N) is 2. The minimum Gasteiger partial charge on any atom is -0.493 e. The van der Waals surface area contributed by atoms with Gasteiger partial charge in [-0.05, 0) is 81.9 Å². The van der Waals surface area contributed by atoms with Crippen LogP contribution in [0.4, 0.5) is 23.2 Å². The van der Waals surface area contributed by atoms with E-state index in [1.54, 1.807) is 18.2 Å². The second-order valence-corrected chi connectivity index (χ2v) is 11.7. The predicted molar refractivity (Wildman–Crippen MR) is 164 cm³/mol. The summed E-state index contributed by atoms with van der Waals surface area (Å²) in [6, 6.07) is 8.79. The van der Waals surface area contributed by atoms with Crippen molar-refractivity contribution in [1.29, 1.82) is 0 Å². The number of rotatable bonds is 9. The number of aromatic nitrogens is 1. The lowest BCUT2D eigenvalue weighted by atomic mass is 9.88. The van der Waals surface area contributed by atoms with Crippen molar-refractivity contribution >= 4 is 28.4 Å². The highest BCUT2D eigenvalue weighted by molar-refractivity contribution is 6.39. The Kier molecular flexibility index (Phi) is 10.3. The van der Waals surface area contributed by atoms with Crippen LogP contribution < -0.4 is 24.8 Å². The fourth-order valence-electron chi connectivity index (χ4n) is 5.52. The Morgan fingerprint density at radius 3 is 2.41 bits per heavy atom. The van der Waals surface area contributed by atoms with E-state index in [1.165, 1.54) is 31.5 Å². The van der Waals surface area contributed by atoms with Crippen LogP contribution in [0.2, 0.25) is 0 Å². The molecule has 46 heavy (non-hydrogen) atoms. The van der Waals surface area contributed by atoms with Crippen molar-refractivity contribution in [2.45, 2.75) is 31.9 Å². The number of carbonyl (C=O) groups excluding carboxylic acids is 2. The van der Waals surface area contributed by atoms with Gasteiger partial charge in [-0.3, -0.25) is 14.6 Å². The molecule has 0 spiro atoms. The molecule has 2 atom stereocenters. The number of hydrogen-bond donors (Lipinski definition) is 2. The number of fused-ring (bicyclic) bond motifs is 1. The maximum absolute atomic E-state index is 15.1. The number of benzene rings is 2. The Balaban J connectivity index is 1.19. The number of hydrogen-bond acceptors (Lipinski definition) is 7. The SMILES string of the molecule is COc1cc2c(Oc3ccc(NC(=O)C(=O)NCC4C=CC(C(F)(F)F)CC4)cc3F)ccnc2cc1OCC1CCN(C)CC1. The second-order valence-electron chi connectivity index (χ2n) is 11.7. The zero-order chi connectivity index (χ0) is 32.8. The molecule has 3 aromatic rings. The highest BCUT2D eigenvalue weighted by Gasteiger charge is 2.39. The summed E-state index contributed by atoms with van der Waals surface area (Å²) in [5.74, 6) is -2.97. The van der Waals surface area contributed by atoms with Crippen LogP contribution in [-0.2, 0) is 9.59 Å². The van der Waals surface area contributed by atoms with Crippen LogP contribution in [0.1, 0.15) is 25.7 Å². The summed E-state index contributed by atoms with van der Waals surface area (Å²) in [5.41, 5.74) is 0.583. The third kappa shape index (κ3) is 8.25. The van der Waals surface area contributed by atoms with E-state index in [0.717, 1.165) is 38.1 Å². The first-order valence-electron chi connectivity index (χ1n) is 15.1. The van der Waals surface area contributed by atoms with Crippen LogP contribution >= 0.6 is 0 Å². The number of piperidine rings is 1. The summed E-state index contributed by atoms with van der Waals surface area (Å²) in [6.07, 6.45) is 1.97. The van der Waals surface area contributed by atoms with Gasteiger partial charge < -0.3 is 29.7 Å². The molecule has 1 aliphatic carbocycles. The van der Waals surface area contributed by atoms with E-state index in [-0.39, 0.29) is 36.7 Å². The molecule has 1 saturated heterocycles. The van der Waals surface area contributed by atoms with Gasteiger partial charge in [0.25, 0.3) is 0 Å². The molecule has 2 N–H and O–H groups in total. The first-order chi connectivity index (χ1) is 22.0. The third-order valence-corrected chi connectivity index (χ3v) is 8.32. The van der Waals surface area contributed by atoms with E-state index >= 15 is 4.39 Å². The Hall–Kier alpha value is -4.39. The number of amides is 2. The van der Waals surface area contributed by atoms with Gasteiger partial charge in [0.1, 0.15) is 5.75 Å². The Morgan fingerprint density at radius 1 is 0.957 bits per heavy atom. The van der Waals surface area contributed by atoms with E-state index in [2.05, 4.69) is 27.6 Å². The van der Waals surface area contributed by atoms with Crippen molar-refractivity contribution in [3.8, 4) is 23.0 Å². The molecular weight excluding hydrogens is 608 g/mol. The largest absolute Gasteiger partial charge is 0.493 e. The van der Waals surface area contributed by atoms with Crippen LogP contribution in [0.15, 0.2) is 54.7 Å². The maximum atomic E-state index is 15.1. The van der Waals surface area contributed by atoms with Gasteiger partial charge >= 0.3 is 18.0 Å². The molecule has 5 rings (SSSR count). The van der Waals surface area contributed by atoms with Crippen molar-refractivity contribution in [2.24, 2.45) is 17.8 Å². The molecule has 1 aromatic heterocycles. The average Bonchev–Trinajstić information content (AvgIpc) is 3.04. The van der Waals surface area contributed by atoms with Crippen LogP contribution in [0, 0.1) is 23.6 Å². The summed E-state index contributed by atoms with van der Waals surface area (Å²) < 4.78 is 71.1. The number of nitrogens with one attached hydrogen (secondary N) is 2. The lowest BCUT2D eigenvalue weighted by Crippen LogP contribution is -2.38. The molecule has 0 bridgehead atoms. The molecule has 2 aromatic carbocycles. The monoisotopic (exact) mass is 644 g/mol. The number of pyridine rings is 1. The Bertz CT molecular complexity index is 1590. The van der Waals surface area contributed by atoms with Crippen molar-refractivity contribution in [3.63, 3.8) is 0 Å². The number of likely N-dealkylation sites (tertiary alicyclic amines) is 1. The molecule has 9 nitrogen and oxygen atoms in total. The fourth-order valence-corrected chi connectivity index (χ4v) is 5.52. The zero-order valence-corrected chi connectivity index (χ0v) is 25.5. The Morgan fingerprint density at radius 2 is 1.74 bits per heavy atom. The minimum atomic E-state index is -4.30. The van der Waals surface area contributed by atoms with Crippen molar-refractivity contribution in [3.05, 3.63) is 60.6 Å². The summed E-state index contributed by atoms with van der Waals surface area (Å²) >= 11 is 0. The third-order valence-electron chi connectivity index (χ3n) is 8.32. The first kappa shape index (κ1) is 33.0. The van der Waals surface area contributed by atoms with Gasteiger partial charge in [0, 0.05) is 35.9 Å². The van der Waals surface area contributed by atoms with E-state index in [4.69, 9.17) is 14.2 Å². The zero-order valence-electron chi connectivity index (χ0n) is 25.5. The summed E-state index contributed by atoms with van der Waals surface area (Å²) in [7, 11) is 3.64. The molecule has 246 valence electrons. The quantitative estimate of drug-likeness (QED) is 0.165. The molecule has 2 unspecified atom stereocenters. The number of anilines is 1. The minimum absolute atomic E-state index is 0.00506. The average molecular weight is 645 g/mol. The van der Waals surface area contributed by atoms with Crippen molar-refractivity contribution < 1.29 is 41.4 Å². The summed E-state index contributed by atoms with van der Waals surface area (Å²) in [4.78, 5) is 31.3. The van der Waals surface area contributed by atoms with Gasteiger partial charge in [0.2, 0.25) is 0 Å². The molecule has 2 aliphatic rings. The first-order valence-corrected chi connectivity index (χ1v) is 15.1. The topological polar surface area (TPSA) is 102 Å². The predicted octanol–water partition coefficient (Wildman–Crippen LogP) is 6.09. The van der Waals surface area contributed by atoms with Gasteiger partial charge in [0.05, 0.1) is 25.2 Å². The molecule has 0 saturated carbocycles. The van der Waals surface area contributed by atoms with Gasteiger partial charge in [0.15, 0.2) is 23.1 Å². The lowest BCUT2D eigenvalue weighted by molar-refractivity contribution is -0.164. The molecule has 0 radical (unpaired) electrons. The fraction of sp³-hybridized carbons (Fsp3) is 0.424. The van der Waals surface area contributed by atoms with E-state index in [1.807, 2.05) is 0 Å². The van der Waals surface area contributed by atoms with Gasteiger partial charge in [-0.15, -0.1) is 0 Å². The summed E-state index contributed by atoms with van der Waals surface area (Å²) in [5, 5.41) is 5.30. The summed E-state index contributed by atoms with van der Waals surface area (Å²) in [6.45, 7) is 2.63. The molecule has 1 fully saturated rings. The highest BCUT2D eigenvalue weighted by atomic mass is 19.4. The van der Waals surface area contributed by atoms with Crippen LogP contribution in [0.25, 0.3) is 10.9 Å². The van der Waals surface area contributed by atoms with E-state index in [0.29, 0.717) is 40.7 Å². The number of allylic oxidation sites excluding steroid dienone is 1. The molecular formula is C33H36F4N4O5. The van der Waals surface area contributed by atoms with E-state index in [9.17, 15) is 22.8 Å². The number of halogens is 4. The van der Waals surface area contributed by atoms with Crippen LogP contribution in [-0.4, -0.2) is 68.3 Å². The molecule has 13 heteroatoms. The smallest absolute Gasteiger partial charge is 0.395 e. The van der Waals surface area contributed by atoms with Gasteiger partial charge in [-0.25, -0.2) is 4.39 Å². The number of methoxy groups -OCH3 is 1. The molecule has 1 aliphatic heterocycles. The van der Waals surface area contributed by atoms with Gasteiger partial charge in [-0.2, -0.15) is 13.2 Å². The number of carbonyl (C=O) groups is 2. The molecule has 2 heterocycles. The standard InChI is InChI=1S/C33H36F4N4O5/c1-41-13-10-21(11-14-41)19-45-30-17-26-24(16-29(30)44-2)27(9-12-38-26)46-28-8-7-23(15-25(28)34)40-32(43)31(42)39-18-20-3-5-22(6-4-20)33(35,36)37/h3,5,7-9,12,15-17,20-22H,4,6,10-11,13-14,18-19H2,1-2H3,(H,39,42)(H,40,43). The van der Waals surface area contributed by atoms with E-state index < -0.39 is 29.7 Å². The number of ether oxygens (including phenoxy) is 3. The van der Waals surface area contributed by atoms with Crippen molar-refractivity contribution in [2.75, 3.05) is 45.7 Å². The van der Waals surface area contributed by atoms with Crippen LogP contribution in [0.3, 0.4) is 0 Å². The maximum Gasteiger partial charge on any atom is 0.395 e. The van der Waals surface area contributed by atoms with Crippen molar-refractivity contribution in [1.82, 2.24) is 15.2 Å². The Labute approximate surface area is 263 Å². The second kappa shape index (κ2) is 14.4. The lowest BCUT2D eigenvalue weighted by Gasteiger charge is -2.28. The van der Waals surface area contributed by atoms with Crippen LogP contribution in [0.5, 0.6) is 23.0 Å². The number of alkyl halides is 3. The van der Waals surface area contributed by atoms with Gasteiger partial charge in [-0.1, -0.05) is 12.2 Å². The normalized spacial score (nSPS) is 19.1. The highest BCUT2D eigenvalue weighted by Crippen LogP contribution is 2.38.